The molecule has 0 saturated carbocycles. The number of hydrogen-bond donors (Lipinski definition) is 2. The van der Waals surface area contributed by atoms with E-state index in [1.807, 2.05) is 0 Å². The largest absolute Gasteiger partial charge is 0.506 e. The minimum Gasteiger partial charge on any atom is -0.506 e. The van der Waals surface area contributed by atoms with Crippen LogP contribution in [0.5, 0.6) is 11.5 Å². The van der Waals surface area contributed by atoms with Crippen molar-refractivity contribution in [3.63, 3.8) is 0 Å². The van der Waals surface area contributed by atoms with Crippen molar-refractivity contribution in [2.75, 3.05) is 12.4 Å². The fourth-order valence-electron chi connectivity index (χ4n) is 1.65. The van der Waals surface area contributed by atoms with E-state index in [2.05, 4.69) is 10.3 Å². The van der Waals surface area contributed by atoms with Gasteiger partial charge in [0.05, 0.1) is 36.5 Å². The quantitative estimate of drug-likeness (QED) is 0.642. The summed E-state index contributed by atoms with van der Waals surface area (Å²) in [7, 11) is 1.45. The SMILES string of the molecule is COc1ccc(NCc2ccc(O)cn2)c([N+](=O)[O-])c1. The Hall–Kier alpha value is -2.83. The number of benzene rings is 1. The van der Waals surface area contributed by atoms with E-state index in [9.17, 15) is 10.1 Å². The number of aromatic hydroxyl groups is 1. The Bertz CT molecular complexity index is 614. The van der Waals surface area contributed by atoms with Crippen molar-refractivity contribution in [2.45, 2.75) is 6.54 Å². The molecule has 0 radical (unpaired) electrons. The van der Waals surface area contributed by atoms with Crippen LogP contribution in [0.1, 0.15) is 5.69 Å². The van der Waals surface area contributed by atoms with Crippen LogP contribution in [0.2, 0.25) is 0 Å². The predicted octanol–water partition coefficient (Wildman–Crippen LogP) is 2.32. The highest BCUT2D eigenvalue weighted by molar-refractivity contribution is 5.63. The molecule has 0 atom stereocenters. The highest BCUT2D eigenvalue weighted by Gasteiger charge is 2.14. The van der Waals surface area contributed by atoms with E-state index in [0.717, 1.165) is 0 Å². The molecule has 0 bridgehead atoms. The molecule has 7 nitrogen and oxygen atoms in total. The third-order valence-electron chi connectivity index (χ3n) is 2.67. The summed E-state index contributed by atoms with van der Waals surface area (Å²) >= 11 is 0. The smallest absolute Gasteiger partial charge is 0.296 e. The van der Waals surface area contributed by atoms with Gasteiger partial charge in [0.15, 0.2) is 0 Å². The first-order chi connectivity index (χ1) is 9.60. The number of nitro benzene ring substituents is 1. The van der Waals surface area contributed by atoms with Crippen molar-refractivity contribution in [1.82, 2.24) is 4.98 Å². The Morgan fingerprint density at radius 1 is 1.40 bits per heavy atom. The van der Waals surface area contributed by atoms with Gasteiger partial charge >= 0.3 is 0 Å². The van der Waals surface area contributed by atoms with Gasteiger partial charge in [0.2, 0.25) is 0 Å². The molecular weight excluding hydrogens is 262 g/mol. The van der Waals surface area contributed by atoms with Gasteiger partial charge in [-0.3, -0.25) is 15.1 Å². The molecule has 2 rings (SSSR count). The Morgan fingerprint density at radius 3 is 2.80 bits per heavy atom. The highest BCUT2D eigenvalue weighted by Crippen LogP contribution is 2.29. The summed E-state index contributed by atoms with van der Waals surface area (Å²) in [5.74, 6) is 0.495. The topological polar surface area (TPSA) is 97.5 Å². The van der Waals surface area contributed by atoms with Gasteiger partial charge in [-0.25, -0.2) is 0 Å². The third-order valence-corrected chi connectivity index (χ3v) is 2.67. The Morgan fingerprint density at radius 2 is 2.20 bits per heavy atom. The number of nitro groups is 1. The summed E-state index contributed by atoms with van der Waals surface area (Å²) < 4.78 is 4.96. The van der Waals surface area contributed by atoms with Crippen molar-refractivity contribution >= 4 is 11.4 Å². The van der Waals surface area contributed by atoms with Gasteiger partial charge in [-0.1, -0.05) is 0 Å². The van der Waals surface area contributed by atoms with E-state index in [4.69, 9.17) is 9.84 Å². The van der Waals surface area contributed by atoms with E-state index in [1.54, 1.807) is 18.2 Å². The first-order valence-electron chi connectivity index (χ1n) is 5.80. The summed E-state index contributed by atoms with van der Waals surface area (Å²) in [5, 5.41) is 23.1. The lowest BCUT2D eigenvalue weighted by Crippen LogP contribution is -2.04. The summed E-state index contributed by atoms with van der Waals surface area (Å²) in [5.41, 5.74) is 0.974. The minimum atomic E-state index is -0.477. The van der Waals surface area contributed by atoms with Gasteiger partial charge in [-0.15, -0.1) is 0 Å². The molecule has 104 valence electrons. The van der Waals surface area contributed by atoms with Gasteiger partial charge in [-0.2, -0.15) is 0 Å². The number of rotatable bonds is 5. The molecule has 1 aromatic heterocycles. The molecule has 0 aliphatic heterocycles. The molecule has 1 aromatic carbocycles. The fourth-order valence-corrected chi connectivity index (χ4v) is 1.65. The molecule has 20 heavy (non-hydrogen) atoms. The molecule has 2 N–H and O–H groups in total. The second kappa shape index (κ2) is 5.87. The van der Waals surface area contributed by atoms with Crippen LogP contribution in [-0.2, 0) is 6.54 Å². The third kappa shape index (κ3) is 3.14. The molecule has 0 aliphatic rings. The average molecular weight is 275 g/mol. The summed E-state index contributed by atoms with van der Waals surface area (Å²) in [4.78, 5) is 14.5. The van der Waals surface area contributed by atoms with Crippen LogP contribution >= 0.6 is 0 Å². The predicted molar refractivity (Wildman–Crippen MR) is 72.9 cm³/mol. The van der Waals surface area contributed by atoms with Gasteiger partial charge in [0, 0.05) is 0 Å². The van der Waals surface area contributed by atoms with Gasteiger partial charge < -0.3 is 15.2 Å². The Labute approximate surface area is 115 Å². The second-order valence-electron chi connectivity index (χ2n) is 4.00. The average Bonchev–Trinajstić information content (AvgIpc) is 2.46. The van der Waals surface area contributed by atoms with E-state index in [1.165, 1.54) is 25.4 Å². The summed E-state index contributed by atoms with van der Waals surface area (Å²) in [6, 6.07) is 7.72. The van der Waals surface area contributed by atoms with E-state index in [0.29, 0.717) is 23.7 Å². The highest BCUT2D eigenvalue weighted by atomic mass is 16.6. The zero-order valence-electron chi connectivity index (χ0n) is 10.7. The van der Waals surface area contributed by atoms with E-state index < -0.39 is 4.92 Å². The maximum Gasteiger partial charge on any atom is 0.296 e. The number of aromatic nitrogens is 1. The maximum absolute atomic E-state index is 11.0. The molecule has 1 heterocycles. The zero-order chi connectivity index (χ0) is 14.5. The number of hydrogen-bond acceptors (Lipinski definition) is 6. The number of ether oxygens (including phenoxy) is 1. The molecule has 0 amide bonds. The molecule has 0 spiro atoms. The molecular formula is C13H13N3O4. The van der Waals surface area contributed by atoms with Gasteiger partial charge in [0.25, 0.3) is 5.69 Å². The number of nitrogens with zero attached hydrogens (tertiary/aromatic N) is 2. The van der Waals surface area contributed by atoms with E-state index in [-0.39, 0.29) is 11.4 Å². The van der Waals surface area contributed by atoms with Crippen LogP contribution in [0, 0.1) is 10.1 Å². The molecule has 0 unspecified atom stereocenters. The molecule has 0 fully saturated rings. The van der Waals surface area contributed by atoms with Gasteiger partial charge in [0.1, 0.15) is 17.2 Å². The Kier molecular flexibility index (Phi) is 3.99. The summed E-state index contributed by atoms with van der Waals surface area (Å²) in [6.45, 7) is 0.313. The van der Waals surface area contributed by atoms with Crippen LogP contribution in [0.3, 0.4) is 0 Å². The van der Waals surface area contributed by atoms with Crippen molar-refractivity contribution in [3.05, 3.63) is 52.3 Å². The van der Waals surface area contributed by atoms with Crippen LogP contribution in [0.25, 0.3) is 0 Å². The minimum absolute atomic E-state index is 0.0665. The number of anilines is 1. The second-order valence-corrected chi connectivity index (χ2v) is 4.00. The first kappa shape index (κ1) is 13.6. The molecule has 0 aliphatic carbocycles. The normalized spacial score (nSPS) is 10.1. The molecule has 0 saturated heterocycles. The van der Waals surface area contributed by atoms with Crippen molar-refractivity contribution < 1.29 is 14.8 Å². The van der Waals surface area contributed by atoms with Crippen molar-refractivity contribution in [1.29, 1.82) is 0 Å². The fraction of sp³-hybridized carbons (Fsp3) is 0.154. The molecule has 7 heteroatoms. The van der Waals surface area contributed by atoms with Gasteiger partial charge in [-0.05, 0) is 24.3 Å². The lowest BCUT2D eigenvalue weighted by atomic mass is 10.2. The lowest BCUT2D eigenvalue weighted by Gasteiger charge is -2.08. The zero-order valence-corrected chi connectivity index (χ0v) is 10.7. The van der Waals surface area contributed by atoms with Crippen LogP contribution in [-0.4, -0.2) is 22.1 Å². The number of pyridine rings is 1. The number of nitrogens with one attached hydrogen (secondary N) is 1. The summed E-state index contributed by atoms with van der Waals surface area (Å²) in [6.07, 6.45) is 1.32. The van der Waals surface area contributed by atoms with Crippen molar-refractivity contribution in [3.8, 4) is 11.5 Å². The monoisotopic (exact) mass is 275 g/mol. The van der Waals surface area contributed by atoms with Crippen LogP contribution < -0.4 is 10.1 Å². The Balaban J connectivity index is 2.16. The van der Waals surface area contributed by atoms with Crippen LogP contribution in [0.15, 0.2) is 36.5 Å². The van der Waals surface area contributed by atoms with Crippen molar-refractivity contribution in [2.24, 2.45) is 0 Å². The molecule has 2 aromatic rings. The first-order valence-corrected chi connectivity index (χ1v) is 5.80. The van der Waals surface area contributed by atoms with Crippen LogP contribution in [0.4, 0.5) is 11.4 Å². The standard InChI is InChI=1S/C13H13N3O4/c1-20-11-4-5-12(13(6-11)16(18)19)15-7-9-2-3-10(17)8-14-9/h2-6,8,15,17H,7H2,1H3. The van der Waals surface area contributed by atoms with E-state index >= 15 is 0 Å². The lowest BCUT2D eigenvalue weighted by molar-refractivity contribution is -0.384. The maximum atomic E-state index is 11.0. The number of methoxy groups -OCH3 is 1.